The minimum absolute atomic E-state index is 0.0660. The molecule has 1 aromatic carbocycles. The highest BCUT2D eigenvalue weighted by molar-refractivity contribution is 6.32. The van der Waals surface area contributed by atoms with Gasteiger partial charge in [0.1, 0.15) is 6.10 Å². The molecule has 2 amide bonds. The van der Waals surface area contributed by atoms with E-state index in [0.29, 0.717) is 16.8 Å². The van der Waals surface area contributed by atoms with E-state index in [1.807, 2.05) is 0 Å². The molecule has 0 bridgehead atoms. The van der Waals surface area contributed by atoms with E-state index in [4.69, 9.17) is 21.1 Å². The first-order valence-corrected chi connectivity index (χ1v) is 9.84. The lowest BCUT2D eigenvalue weighted by Gasteiger charge is -2.29. The third kappa shape index (κ3) is 4.35. The fourth-order valence-corrected chi connectivity index (χ4v) is 3.92. The average molecular weight is 409 g/mol. The van der Waals surface area contributed by atoms with Gasteiger partial charge in [-0.15, -0.1) is 0 Å². The molecule has 1 aromatic rings. The third-order valence-electron chi connectivity index (χ3n) is 5.17. The molecular formula is C20H25ClN2O5. The SMILES string of the molecule is COc1cc([C@H]2NC(=O)NC(C)=C2C(=O)OC2CCCCCC2)cc(Cl)c1O. The molecule has 2 aliphatic rings. The molecule has 0 spiro atoms. The van der Waals surface area contributed by atoms with Crippen molar-refractivity contribution in [1.82, 2.24) is 10.6 Å². The Bertz CT molecular complexity index is 800. The highest BCUT2D eigenvalue weighted by Gasteiger charge is 2.34. The number of esters is 1. The number of aromatic hydroxyl groups is 1. The van der Waals surface area contributed by atoms with Crippen LogP contribution in [-0.4, -0.2) is 30.3 Å². The minimum atomic E-state index is -0.765. The summed E-state index contributed by atoms with van der Waals surface area (Å²) < 4.78 is 10.9. The van der Waals surface area contributed by atoms with Crippen LogP contribution in [0.15, 0.2) is 23.4 Å². The summed E-state index contributed by atoms with van der Waals surface area (Å²) in [5.41, 5.74) is 1.25. The minimum Gasteiger partial charge on any atom is -0.503 e. The topological polar surface area (TPSA) is 96.9 Å². The van der Waals surface area contributed by atoms with E-state index >= 15 is 0 Å². The lowest BCUT2D eigenvalue weighted by molar-refractivity contribution is -0.145. The maximum absolute atomic E-state index is 13.0. The Balaban J connectivity index is 1.92. The summed E-state index contributed by atoms with van der Waals surface area (Å²) >= 11 is 6.10. The number of amides is 2. The monoisotopic (exact) mass is 408 g/mol. The number of urea groups is 1. The number of methoxy groups -OCH3 is 1. The van der Waals surface area contributed by atoms with Gasteiger partial charge in [0.05, 0.1) is 23.7 Å². The number of hydrogen-bond acceptors (Lipinski definition) is 5. The van der Waals surface area contributed by atoms with E-state index in [1.165, 1.54) is 13.2 Å². The highest BCUT2D eigenvalue weighted by Crippen LogP contribution is 2.39. The Morgan fingerprint density at radius 2 is 1.89 bits per heavy atom. The number of ether oxygens (including phenoxy) is 2. The van der Waals surface area contributed by atoms with Crippen LogP contribution in [0.3, 0.4) is 0 Å². The predicted octanol–water partition coefficient (Wildman–Crippen LogP) is 3.95. The summed E-state index contributed by atoms with van der Waals surface area (Å²) in [7, 11) is 1.40. The van der Waals surface area contributed by atoms with Gasteiger partial charge in [-0.25, -0.2) is 9.59 Å². The molecule has 1 atom stereocenters. The second-order valence-corrected chi connectivity index (χ2v) is 7.55. The van der Waals surface area contributed by atoms with Gasteiger partial charge < -0.3 is 25.2 Å². The Labute approximate surface area is 169 Å². The summed E-state index contributed by atoms with van der Waals surface area (Å²) in [6.07, 6.45) is 5.97. The number of nitrogens with one attached hydrogen (secondary N) is 2. The molecule has 3 N–H and O–H groups in total. The lowest BCUT2D eigenvalue weighted by atomic mass is 9.95. The van der Waals surface area contributed by atoms with Gasteiger partial charge in [-0.2, -0.15) is 0 Å². The van der Waals surface area contributed by atoms with Crippen molar-refractivity contribution in [3.8, 4) is 11.5 Å². The van der Waals surface area contributed by atoms with Crippen molar-refractivity contribution in [3.05, 3.63) is 34.0 Å². The molecule has 28 heavy (non-hydrogen) atoms. The number of carbonyl (C=O) groups excluding carboxylic acids is 2. The van der Waals surface area contributed by atoms with E-state index in [0.717, 1.165) is 38.5 Å². The van der Waals surface area contributed by atoms with Crippen molar-refractivity contribution in [2.24, 2.45) is 0 Å². The number of benzene rings is 1. The molecule has 0 aromatic heterocycles. The number of carbonyl (C=O) groups is 2. The summed E-state index contributed by atoms with van der Waals surface area (Å²) in [4.78, 5) is 25.0. The van der Waals surface area contributed by atoms with E-state index < -0.39 is 18.0 Å². The first-order chi connectivity index (χ1) is 13.4. The Morgan fingerprint density at radius 3 is 2.54 bits per heavy atom. The van der Waals surface area contributed by atoms with Crippen LogP contribution in [0.2, 0.25) is 5.02 Å². The van der Waals surface area contributed by atoms with Gasteiger partial charge in [-0.1, -0.05) is 24.4 Å². The molecule has 1 fully saturated rings. The molecular weight excluding hydrogens is 384 g/mol. The predicted molar refractivity (Wildman–Crippen MR) is 104 cm³/mol. The van der Waals surface area contributed by atoms with Crippen LogP contribution < -0.4 is 15.4 Å². The van der Waals surface area contributed by atoms with Crippen molar-refractivity contribution >= 4 is 23.6 Å². The van der Waals surface area contributed by atoms with E-state index in [-0.39, 0.29) is 22.6 Å². The number of phenols is 1. The second-order valence-electron chi connectivity index (χ2n) is 7.14. The molecule has 8 heteroatoms. The van der Waals surface area contributed by atoms with Crippen molar-refractivity contribution in [2.45, 2.75) is 57.6 Å². The van der Waals surface area contributed by atoms with Gasteiger partial charge in [-0.05, 0) is 50.3 Å². The van der Waals surface area contributed by atoms with Crippen LogP contribution in [0.5, 0.6) is 11.5 Å². The van der Waals surface area contributed by atoms with Crippen molar-refractivity contribution in [1.29, 1.82) is 0 Å². The Hall–Kier alpha value is -2.41. The van der Waals surface area contributed by atoms with Gasteiger partial charge in [0.2, 0.25) is 0 Å². The Kier molecular flexibility index (Phi) is 6.34. The normalized spacial score (nSPS) is 20.8. The molecule has 0 radical (unpaired) electrons. The zero-order valence-corrected chi connectivity index (χ0v) is 16.8. The van der Waals surface area contributed by atoms with Crippen molar-refractivity contribution < 1.29 is 24.2 Å². The third-order valence-corrected chi connectivity index (χ3v) is 5.46. The van der Waals surface area contributed by atoms with Crippen molar-refractivity contribution in [3.63, 3.8) is 0 Å². The summed E-state index contributed by atoms with van der Waals surface area (Å²) in [6, 6.07) is 1.85. The van der Waals surface area contributed by atoms with Gasteiger partial charge in [0.15, 0.2) is 11.5 Å². The second kappa shape index (κ2) is 8.73. The molecule has 0 unspecified atom stereocenters. The molecule has 1 aliphatic heterocycles. The van der Waals surface area contributed by atoms with Gasteiger partial charge in [-0.3, -0.25) is 0 Å². The fraction of sp³-hybridized carbons (Fsp3) is 0.500. The number of phenolic OH excluding ortho intramolecular Hbond substituents is 1. The van der Waals surface area contributed by atoms with Crippen LogP contribution in [-0.2, 0) is 9.53 Å². The maximum atomic E-state index is 13.0. The van der Waals surface area contributed by atoms with Crippen LogP contribution >= 0.6 is 11.6 Å². The van der Waals surface area contributed by atoms with Crippen LogP contribution in [0.4, 0.5) is 4.79 Å². The smallest absolute Gasteiger partial charge is 0.338 e. The zero-order valence-electron chi connectivity index (χ0n) is 16.0. The lowest BCUT2D eigenvalue weighted by Crippen LogP contribution is -2.45. The summed E-state index contributed by atoms with van der Waals surface area (Å²) in [5.74, 6) is -0.508. The van der Waals surface area contributed by atoms with Crippen LogP contribution in [0.1, 0.15) is 57.1 Å². The van der Waals surface area contributed by atoms with Gasteiger partial charge in [0.25, 0.3) is 0 Å². The Morgan fingerprint density at radius 1 is 1.21 bits per heavy atom. The van der Waals surface area contributed by atoms with Gasteiger partial charge in [0, 0.05) is 5.70 Å². The first kappa shape index (κ1) is 20.3. The summed E-state index contributed by atoms with van der Waals surface area (Å²) in [5, 5.41) is 15.4. The van der Waals surface area contributed by atoms with Gasteiger partial charge >= 0.3 is 12.0 Å². The maximum Gasteiger partial charge on any atom is 0.338 e. The number of hydrogen-bond donors (Lipinski definition) is 3. The fourth-order valence-electron chi connectivity index (χ4n) is 3.71. The molecule has 0 saturated heterocycles. The summed E-state index contributed by atoms with van der Waals surface area (Å²) in [6.45, 7) is 1.66. The quantitative estimate of drug-likeness (QED) is 0.517. The number of allylic oxidation sites excluding steroid dienone is 1. The molecule has 1 saturated carbocycles. The molecule has 1 aliphatic carbocycles. The first-order valence-electron chi connectivity index (χ1n) is 9.46. The zero-order chi connectivity index (χ0) is 20.3. The van der Waals surface area contributed by atoms with E-state index in [1.54, 1.807) is 13.0 Å². The average Bonchev–Trinajstić information content (AvgIpc) is 2.91. The highest BCUT2D eigenvalue weighted by atomic mass is 35.5. The largest absolute Gasteiger partial charge is 0.503 e. The van der Waals surface area contributed by atoms with Crippen LogP contribution in [0.25, 0.3) is 0 Å². The standard InChI is InChI=1S/C20H25ClN2O5/c1-11-16(19(25)28-13-7-5-3-4-6-8-13)17(23-20(26)22-11)12-9-14(21)18(24)15(10-12)27-2/h9-10,13,17,24H,3-8H2,1-2H3,(H2,22,23,26)/t17-/m1/s1. The molecule has 3 rings (SSSR count). The van der Waals surface area contributed by atoms with Crippen molar-refractivity contribution in [2.75, 3.05) is 7.11 Å². The van der Waals surface area contributed by atoms with Crippen LogP contribution in [0, 0.1) is 0 Å². The number of rotatable bonds is 4. The number of halogens is 1. The van der Waals surface area contributed by atoms with E-state index in [9.17, 15) is 14.7 Å². The molecule has 1 heterocycles. The molecule has 7 nitrogen and oxygen atoms in total. The van der Waals surface area contributed by atoms with E-state index in [2.05, 4.69) is 10.6 Å². The molecule has 152 valence electrons.